The second-order valence-electron chi connectivity index (χ2n) is 6.38. The van der Waals surface area contributed by atoms with Gasteiger partial charge in [0.05, 0.1) is 18.8 Å². The highest BCUT2D eigenvalue weighted by Gasteiger charge is 2.62. The van der Waals surface area contributed by atoms with E-state index >= 15 is 0 Å². The van der Waals surface area contributed by atoms with Gasteiger partial charge in [0.2, 0.25) is 0 Å². The largest absolute Gasteiger partial charge is 0.372 e. The van der Waals surface area contributed by atoms with Gasteiger partial charge in [-0.1, -0.05) is 0 Å². The molecule has 4 rings (SSSR count). The molecule has 4 heterocycles. The van der Waals surface area contributed by atoms with E-state index in [0.717, 1.165) is 0 Å². The minimum Gasteiger partial charge on any atom is -0.372 e. The van der Waals surface area contributed by atoms with Gasteiger partial charge in [-0.05, 0) is 20.8 Å². The first-order valence-corrected chi connectivity index (χ1v) is 6.98. The molecule has 0 aromatic carbocycles. The summed E-state index contributed by atoms with van der Waals surface area (Å²) in [6, 6.07) is 0.217. The summed E-state index contributed by atoms with van der Waals surface area (Å²) in [4.78, 5) is 5.77. The third kappa shape index (κ3) is 1.71. The Bertz CT molecular complexity index is 389. The van der Waals surface area contributed by atoms with Crippen molar-refractivity contribution in [2.75, 3.05) is 13.7 Å². The molecule has 0 unspecified atom stereocenters. The van der Waals surface area contributed by atoms with Crippen molar-refractivity contribution < 1.29 is 23.8 Å². The topological polar surface area (TPSA) is 49.4 Å². The fraction of sp³-hybridized carbons (Fsp3) is 1.00. The molecule has 4 fully saturated rings. The number of hydrogen-bond acceptors (Lipinski definition) is 6. The van der Waals surface area contributed by atoms with Crippen LogP contribution in [0.5, 0.6) is 0 Å². The van der Waals surface area contributed by atoms with E-state index in [4.69, 9.17) is 23.8 Å². The number of fused-ring (bicyclic) bond motifs is 5. The number of rotatable bonds is 0. The lowest BCUT2D eigenvalue weighted by atomic mass is 9.87. The van der Waals surface area contributed by atoms with Crippen LogP contribution < -0.4 is 0 Å². The van der Waals surface area contributed by atoms with E-state index in [2.05, 4.69) is 6.92 Å². The molecule has 0 bridgehead atoms. The molecule has 108 valence electrons. The summed E-state index contributed by atoms with van der Waals surface area (Å²) in [5, 5.41) is 1.92. The summed E-state index contributed by atoms with van der Waals surface area (Å²) >= 11 is 0. The summed E-state index contributed by atoms with van der Waals surface area (Å²) in [7, 11) is 1.96. The van der Waals surface area contributed by atoms with Gasteiger partial charge in [0, 0.05) is 13.0 Å². The summed E-state index contributed by atoms with van der Waals surface area (Å²) in [5.74, 6) is -0.246. The fourth-order valence-electron chi connectivity index (χ4n) is 3.83. The van der Waals surface area contributed by atoms with Crippen LogP contribution in [-0.4, -0.2) is 61.3 Å². The number of nitrogens with zero attached hydrogens (tertiary/aromatic N) is 1. The van der Waals surface area contributed by atoms with Crippen molar-refractivity contribution >= 4 is 0 Å². The summed E-state index contributed by atoms with van der Waals surface area (Å²) in [6.45, 7) is 6.58. The molecule has 6 nitrogen and oxygen atoms in total. The van der Waals surface area contributed by atoms with Crippen molar-refractivity contribution in [3.05, 3.63) is 0 Å². The Morgan fingerprint density at radius 3 is 2.68 bits per heavy atom. The summed E-state index contributed by atoms with van der Waals surface area (Å²) < 4.78 is 23.8. The SMILES string of the molecule is C[C@H]1ON(C)[C@H]2[C@@H]1CO[C@@H]1[C@H]3OC(C)(C)O[C@H]3O[C@@H]12. The van der Waals surface area contributed by atoms with E-state index in [1.165, 1.54) is 0 Å². The van der Waals surface area contributed by atoms with Gasteiger partial charge >= 0.3 is 0 Å². The highest BCUT2D eigenvalue weighted by atomic mass is 16.8. The Hall–Kier alpha value is -0.240. The first-order chi connectivity index (χ1) is 8.96. The number of ether oxygens (including phenoxy) is 4. The van der Waals surface area contributed by atoms with Crippen LogP contribution in [0.25, 0.3) is 0 Å². The average molecular weight is 271 g/mol. The lowest BCUT2D eigenvalue weighted by Crippen LogP contribution is -2.54. The molecule has 4 aliphatic heterocycles. The van der Waals surface area contributed by atoms with Gasteiger partial charge < -0.3 is 18.9 Å². The molecule has 0 spiro atoms. The molecular weight excluding hydrogens is 250 g/mol. The van der Waals surface area contributed by atoms with Crippen molar-refractivity contribution in [1.29, 1.82) is 0 Å². The minimum atomic E-state index is -0.591. The number of hydroxylamine groups is 2. The van der Waals surface area contributed by atoms with E-state index < -0.39 is 5.79 Å². The van der Waals surface area contributed by atoms with E-state index in [-0.39, 0.29) is 36.7 Å². The maximum Gasteiger partial charge on any atom is 0.190 e. The molecule has 0 radical (unpaired) electrons. The van der Waals surface area contributed by atoms with E-state index in [9.17, 15) is 0 Å². The van der Waals surface area contributed by atoms with Gasteiger partial charge in [0.15, 0.2) is 12.1 Å². The Balaban J connectivity index is 1.58. The molecule has 6 heteroatoms. The van der Waals surface area contributed by atoms with Crippen LogP contribution in [0.1, 0.15) is 20.8 Å². The average Bonchev–Trinajstić information content (AvgIpc) is 2.88. The van der Waals surface area contributed by atoms with Crippen molar-refractivity contribution in [3.8, 4) is 0 Å². The van der Waals surface area contributed by atoms with Gasteiger partial charge in [-0.25, -0.2) is 0 Å². The molecule has 0 aromatic heterocycles. The Labute approximate surface area is 112 Å². The quantitative estimate of drug-likeness (QED) is 0.640. The van der Waals surface area contributed by atoms with E-state index in [0.29, 0.717) is 12.5 Å². The normalized spacial score (nSPS) is 55.9. The minimum absolute atomic E-state index is 0.0419. The van der Waals surface area contributed by atoms with Gasteiger partial charge in [-0.2, -0.15) is 5.06 Å². The summed E-state index contributed by atoms with van der Waals surface area (Å²) in [6.07, 6.45) is -0.402. The molecule has 7 atom stereocenters. The van der Waals surface area contributed by atoms with Crippen LogP contribution in [0.2, 0.25) is 0 Å². The van der Waals surface area contributed by atoms with Crippen LogP contribution >= 0.6 is 0 Å². The zero-order valence-electron chi connectivity index (χ0n) is 11.7. The number of likely N-dealkylation sites (N-methyl/N-ethyl adjacent to an activating group) is 1. The van der Waals surface area contributed by atoms with E-state index in [1.54, 1.807) is 0 Å². The zero-order chi connectivity index (χ0) is 13.4. The molecule has 0 N–H and O–H groups in total. The van der Waals surface area contributed by atoms with Crippen molar-refractivity contribution in [1.82, 2.24) is 5.06 Å². The Morgan fingerprint density at radius 1 is 1.11 bits per heavy atom. The number of hydrogen-bond donors (Lipinski definition) is 0. The second kappa shape index (κ2) is 3.90. The van der Waals surface area contributed by atoms with Crippen LogP contribution in [0.15, 0.2) is 0 Å². The Kier molecular flexibility index (Phi) is 2.57. The first kappa shape index (κ1) is 12.5. The van der Waals surface area contributed by atoms with Crippen molar-refractivity contribution in [2.45, 2.75) is 63.3 Å². The van der Waals surface area contributed by atoms with Crippen molar-refractivity contribution in [2.24, 2.45) is 5.92 Å². The van der Waals surface area contributed by atoms with Crippen LogP contribution in [0.4, 0.5) is 0 Å². The fourth-order valence-corrected chi connectivity index (χ4v) is 3.83. The van der Waals surface area contributed by atoms with Gasteiger partial charge in [-0.15, -0.1) is 0 Å². The predicted molar refractivity (Wildman–Crippen MR) is 64.0 cm³/mol. The Morgan fingerprint density at radius 2 is 1.89 bits per heavy atom. The molecule has 0 amide bonds. The highest BCUT2D eigenvalue weighted by Crippen LogP contribution is 2.45. The lowest BCUT2D eigenvalue weighted by Gasteiger charge is -2.38. The third-order valence-corrected chi connectivity index (χ3v) is 4.64. The third-order valence-electron chi connectivity index (χ3n) is 4.64. The smallest absolute Gasteiger partial charge is 0.190 e. The maximum absolute atomic E-state index is 6.06. The molecule has 4 aliphatic rings. The van der Waals surface area contributed by atoms with Gasteiger partial charge in [0.25, 0.3) is 0 Å². The molecule has 0 aromatic rings. The predicted octanol–water partition coefficient (Wildman–Crippen LogP) is 0.512. The van der Waals surface area contributed by atoms with Crippen LogP contribution in [0.3, 0.4) is 0 Å². The van der Waals surface area contributed by atoms with Crippen molar-refractivity contribution in [3.63, 3.8) is 0 Å². The zero-order valence-corrected chi connectivity index (χ0v) is 11.7. The second-order valence-corrected chi connectivity index (χ2v) is 6.38. The lowest BCUT2D eigenvalue weighted by molar-refractivity contribution is -0.243. The van der Waals surface area contributed by atoms with Crippen LogP contribution in [0, 0.1) is 5.92 Å². The molecule has 4 saturated heterocycles. The van der Waals surface area contributed by atoms with E-state index in [1.807, 2.05) is 26.0 Å². The molecule has 19 heavy (non-hydrogen) atoms. The highest BCUT2D eigenvalue weighted by molar-refractivity contribution is 5.05. The van der Waals surface area contributed by atoms with Gasteiger partial charge in [-0.3, -0.25) is 4.84 Å². The van der Waals surface area contributed by atoms with Crippen LogP contribution in [-0.2, 0) is 23.8 Å². The molecule has 0 saturated carbocycles. The summed E-state index contributed by atoms with van der Waals surface area (Å²) in [5.41, 5.74) is 0. The maximum atomic E-state index is 6.06. The molecule has 0 aliphatic carbocycles. The molecular formula is C13H21NO5. The standard InChI is InChI=1S/C13H21NO5/c1-6-7-5-15-10-9(8(7)14(4)19-6)16-12-11(10)17-13(2,3)18-12/h6-12H,5H2,1-4H3/t6-,7-,8+,9-,10+,11-,12-/m1/s1. The monoisotopic (exact) mass is 271 g/mol. The van der Waals surface area contributed by atoms with Gasteiger partial charge in [0.1, 0.15) is 18.3 Å². The first-order valence-electron chi connectivity index (χ1n) is 6.98.